The van der Waals surface area contributed by atoms with E-state index in [4.69, 9.17) is 4.42 Å². The third kappa shape index (κ3) is 0.307. The smallest absolute Gasteiger partial charge is 0.307 e. The maximum atomic E-state index is 4.75. The maximum Gasteiger partial charge on any atom is 0.307 e. The molecule has 0 saturated heterocycles. The molecule has 38 valence electrons. The van der Waals surface area contributed by atoms with Gasteiger partial charge in [-0.3, -0.25) is 4.40 Å². The minimum Gasteiger partial charge on any atom is -0.420 e. The van der Waals surface area contributed by atoms with E-state index in [9.17, 15) is 0 Å². The number of rotatable bonds is 0. The lowest BCUT2D eigenvalue weighted by atomic mass is 10.9. The predicted molar refractivity (Wildman–Crippen MR) is 25.1 cm³/mol. The zero-order valence-corrected chi connectivity index (χ0v) is 3.96. The fourth-order valence-corrected chi connectivity index (χ4v) is 0.563. The Bertz CT molecular complexity index is 232. The molecule has 2 aromatic rings. The SMILES string of the molecule is [c]1cn2c[c]oc2n1. The van der Waals surface area contributed by atoms with Crippen LogP contribution in [0.4, 0.5) is 0 Å². The van der Waals surface area contributed by atoms with E-state index in [1.165, 1.54) is 0 Å². The number of hydrogen-bond donors (Lipinski definition) is 0. The van der Waals surface area contributed by atoms with Gasteiger partial charge in [0.1, 0.15) is 6.20 Å². The number of aromatic nitrogens is 2. The second-order valence-corrected chi connectivity index (χ2v) is 1.41. The Kier molecular flexibility index (Phi) is 0.521. The van der Waals surface area contributed by atoms with Gasteiger partial charge in [0.05, 0.1) is 6.20 Å². The molecule has 2 rings (SSSR count). The summed E-state index contributed by atoms with van der Waals surface area (Å²) in [6.45, 7) is 0. The first kappa shape index (κ1) is 3.72. The lowest BCUT2D eigenvalue weighted by Gasteiger charge is -1.69. The van der Waals surface area contributed by atoms with E-state index < -0.39 is 0 Å². The third-order valence-corrected chi connectivity index (χ3v) is 0.920. The standard InChI is InChI=1S/C5H2N2O/c1-2-7-3-4-8-5(7)6-1/h2-3H. The molecule has 0 saturated carbocycles. The quantitative estimate of drug-likeness (QED) is 0.490. The highest BCUT2D eigenvalue weighted by Gasteiger charge is 1.91. The molecule has 0 N–H and O–H groups in total. The van der Waals surface area contributed by atoms with Gasteiger partial charge in [-0.15, -0.1) is 0 Å². The summed E-state index contributed by atoms with van der Waals surface area (Å²) in [5, 5.41) is 0. The van der Waals surface area contributed by atoms with Crippen molar-refractivity contribution in [2.24, 2.45) is 0 Å². The Labute approximate surface area is 45.6 Å². The molecule has 2 aromatic heterocycles. The van der Waals surface area contributed by atoms with Crippen molar-refractivity contribution in [3.05, 3.63) is 24.9 Å². The minimum atomic E-state index is 0.532. The van der Waals surface area contributed by atoms with Gasteiger partial charge < -0.3 is 4.42 Å². The first-order valence-electron chi connectivity index (χ1n) is 2.17. The molecule has 0 unspecified atom stereocenters. The summed E-state index contributed by atoms with van der Waals surface area (Å²) in [7, 11) is 0. The largest absolute Gasteiger partial charge is 0.420 e. The van der Waals surface area contributed by atoms with Crippen LogP contribution in [0, 0.1) is 12.5 Å². The molecular formula is C5H2N2O. The van der Waals surface area contributed by atoms with Crippen LogP contribution in [0.3, 0.4) is 0 Å². The Morgan fingerprint density at radius 1 is 1.62 bits per heavy atom. The number of hydrogen-bond acceptors (Lipinski definition) is 2. The van der Waals surface area contributed by atoms with Crippen LogP contribution < -0.4 is 0 Å². The second kappa shape index (κ2) is 1.12. The fourth-order valence-electron chi connectivity index (χ4n) is 0.563. The zero-order valence-electron chi connectivity index (χ0n) is 3.96. The first-order chi connectivity index (χ1) is 3.97. The molecule has 3 heteroatoms. The van der Waals surface area contributed by atoms with E-state index in [0.29, 0.717) is 5.84 Å². The summed E-state index contributed by atoms with van der Waals surface area (Å²) in [6.07, 6.45) is 8.47. The van der Waals surface area contributed by atoms with Gasteiger partial charge in [-0.2, -0.15) is 4.98 Å². The van der Waals surface area contributed by atoms with Crippen molar-refractivity contribution in [3.63, 3.8) is 0 Å². The van der Waals surface area contributed by atoms with Gasteiger partial charge in [-0.05, 0) is 0 Å². The number of imidazole rings is 1. The van der Waals surface area contributed by atoms with Gasteiger partial charge in [0.25, 0.3) is 0 Å². The minimum absolute atomic E-state index is 0.532. The van der Waals surface area contributed by atoms with E-state index in [2.05, 4.69) is 17.4 Å². The van der Waals surface area contributed by atoms with Crippen molar-refractivity contribution >= 4 is 5.84 Å². The molecule has 0 bridgehead atoms. The van der Waals surface area contributed by atoms with Gasteiger partial charge in [0.2, 0.25) is 0 Å². The van der Waals surface area contributed by atoms with Crippen molar-refractivity contribution in [1.82, 2.24) is 9.38 Å². The first-order valence-corrected chi connectivity index (χ1v) is 2.17. The van der Waals surface area contributed by atoms with Crippen LogP contribution in [0.5, 0.6) is 0 Å². The van der Waals surface area contributed by atoms with Gasteiger partial charge >= 0.3 is 5.84 Å². The lowest BCUT2D eigenvalue weighted by Crippen LogP contribution is -1.67. The van der Waals surface area contributed by atoms with Gasteiger partial charge in [0, 0.05) is 6.20 Å². The van der Waals surface area contributed by atoms with Gasteiger partial charge in [-0.25, -0.2) is 0 Å². The van der Waals surface area contributed by atoms with Crippen LogP contribution in [0.1, 0.15) is 0 Å². The maximum absolute atomic E-state index is 4.75. The summed E-state index contributed by atoms with van der Waals surface area (Å²) in [5.41, 5.74) is 0. The molecule has 3 nitrogen and oxygen atoms in total. The molecule has 0 amide bonds. The van der Waals surface area contributed by atoms with Crippen LogP contribution in [-0.2, 0) is 0 Å². The summed E-state index contributed by atoms with van der Waals surface area (Å²) >= 11 is 0. The molecule has 2 heterocycles. The lowest BCUT2D eigenvalue weighted by molar-refractivity contribution is 0.587. The highest BCUT2D eigenvalue weighted by molar-refractivity contribution is 5.19. The average molecular weight is 106 g/mol. The third-order valence-electron chi connectivity index (χ3n) is 0.920. The molecule has 0 aliphatic rings. The summed E-state index contributed by atoms with van der Waals surface area (Å²) in [4.78, 5) is 3.72. The Morgan fingerprint density at radius 2 is 2.62 bits per heavy atom. The number of oxazole rings is 1. The molecule has 2 radical (unpaired) electrons. The van der Waals surface area contributed by atoms with Crippen LogP contribution in [-0.4, -0.2) is 9.38 Å². The summed E-state index contributed by atoms with van der Waals surface area (Å²) in [5.74, 6) is 0.532. The Morgan fingerprint density at radius 3 is 3.50 bits per heavy atom. The van der Waals surface area contributed by atoms with E-state index in [0.717, 1.165) is 0 Å². The highest BCUT2D eigenvalue weighted by atomic mass is 16.3. The van der Waals surface area contributed by atoms with Crippen molar-refractivity contribution in [1.29, 1.82) is 0 Å². The number of nitrogens with zero attached hydrogens (tertiary/aromatic N) is 2. The van der Waals surface area contributed by atoms with E-state index in [1.807, 2.05) is 0 Å². The summed E-state index contributed by atoms with van der Waals surface area (Å²) < 4.78 is 6.45. The molecule has 0 aliphatic heterocycles. The predicted octanol–water partition coefficient (Wildman–Crippen LogP) is 0.528. The zero-order chi connectivity index (χ0) is 5.40. The van der Waals surface area contributed by atoms with Crippen LogP contribution in [0.15, 0.2) is 16.8 Å². The summed E-state index contributed by atoms with van der Waals surface area (Å²) in [6, 6.07) is 0. The molecule has 0 spiro atoms. The van der Waals surface area contributed by atoms with Gasteiger partial charge in [0.15, 0.2) is 6.26 Å². The van der Waals surface area contributed by atoms with Crippen molar-refractivity contribution in [2.45, 2.75) is 0 Å². The van der Waals surface area contributed by atoms with Crippen LogP contribution in [0.25, 0.3) is 5.84 Å². The van der Waals surface area contributed by atoms with Crippen molar-refractivity contribution in [3.8, 4) is 0 Å². The monoisotopic (exact) mass is 106 g/mol. The molecule has 8 heavy (non-hydrogen) atoms. The van der Waals surface area contributed by atoms with Crippen molar-refractivity contribution in [2.75, 3.05) is 0 Å². The molecule has 0 atom stereocenters. The Hall–Kier alpha value is -1.25. The molecule has 0 aromatic carbocycles. The Balaban J connectivity index is 3.06. The van der Waals surface area contributed by atoms with E-state index in [1.54, 1.807) is 16.8 Å². The topological polar surface area (TPSA) is 30.4 Å². The highest BCUT2D eigenvalue weighted by Crippen LogP contribution is 1.96. The average Bonchev–Trinajstić information content (AvgIpc) is 2.15. The van der Waals surface area contributed by atoms with Crippen LogP contribution in [0.2, 0.25) is 0 Å². The molecule has 0 fully saturated rings. The van der Waals surface area contributed by atoms with Crippen molar-refractivity contribution < 1.29 is 4.42 Å². The molecular weight excluding hydrogens is 104 g/mol. The second-order valence-electron chi connectivity index (χ2n) is 1.41. The van der Waals surface area contributed by atoms with Crippen LogP contribution >= 0.6 is 0 Å². The van der Waals surface area contributed by atoms with E-state index >= 15 is 0 Å². The normalized spacial score (nSPS) is 10.5. The molecule has 0 aliphatic carbocycles. The van der Waals surface area contributed by atoms with E-state index in [-0.39, 0.29) is 0 Å². The fraction of sp³-hybridized carbons (Fsp3) is 0. The number of fused-ring (bicyclic) bond motifs is 1. The van der Waals surface area contributed by atoms with Gasteiger partial charge in [-0.1, -0.05) is 0 Å².